The summed E-state index contributed by atoms with van der Waals surface area (Å²) in [6.45, 7) is 3.93. The fourth-order valence-corrected chi connectivity index (χ4v) is 1.61. The number of benzene rings is 1. The van der Waals surface area contributed by atoms with Crippen LogP contribution in [0.15, 0.2) is 65.2 Å². The van der Waals surface area contributed by atoms with Crippen LogP contribution in [0.25, 0.3) is 17.0 Å². The molecule has 0 aliphatic carbocycles. The van der Waals surface area contributed by atoms with Crippen LogP contribution >= 0.6 is 0 Å². The Kier molecular flexibility index (Phi) is 4.45. The number of aromatic nitrogens is 2. The van der Waals surface area contributed by atoms with Gasteiger partial charge in [0.2, 0.25) is 5.82 Å². The Morgan fingerprint density at radius 2 is 1.89 bits per heavy atom. The molecule has 0 radical (unpaired) electrons. The summed E-state index contributed by atoms with van der Waals surface area (Å²) >= 11 is 0. The SMILES string of the molecule is C\C=C/C=C\C(=C/C)c1noc(-c2ccccc2)n1. The van der Waals surface area contributed by atoms with Crippen LogP contribution in [0, 0.1) is 0 Å². The lowest BCUT2D eigenvalue weighted by Crippen LogP contribution is -1.84. The molecule has 0 aliphatic rings. The highest BCUT2D eigenvalue weighted by Crippen LogP contribution is 2.20. The Morgan fingerprint density at radius 3 is 2.58 bits per heavy atom. The fraction of sp³-hybridized carbons (Fsp3) is 0.125. The molecule has 0 N–H and O–H groups in total. The highest BCUT2D eigenvalue weighted by atomic mass is 16.5. The van der Waals surface area contributed by atoms with Crippen LogP contribution in [0.5, 0.6) is 0 Å². The van der Waals surface area contributed by atoms with E-state index in [0.717, 1.165) is 11.1 Å². The average molecular weight is 252 g/mol. The maximum absolute atomic E-state index is 5.29. The summed E-state index contributed by atoms with van der Waals surface area (Å²) < 4.78 is 5.29. The molecule has 1 aromatic carbocycles. The highest BCUT2D eigenvalue weighted by molar-refractivity contribution is 5.70. The molecule has 19 heavy (non-hydrogen) atoms. The molecule has 2 rings (SSSR count). The van der Waals surface area contributed by atoms with Crippen molar-refractivity contribution in [1.29, 1.82) is 0 Å². The standard InChI is InChI=1S/C16H16N2O/c1-3-5-7-10-13(4-2)15-17-16(19-18-15)14-11-8-6-9-12-14/h3-12H,1-2H3/b5-3-,10-7-,13-4+. The van der Waals surface area contributed by atoms with Crippen molar-refractivity contribution in [2.75, 3.05) is 0 Å². The van der Waals surface area contributed by atoms with Crippen LogP contribution in [0.4, 0.5) is 0 Å². The monoisotopic (exact) mass is 252 g/mol. The molecule has 0 unspecified atom stereocenters. The molecular formula is C16H16N2O. The van der Waals surface area contributed by atoms with Crippen molar-refractivity contribution in [1.82, 2.24) is 10.1 Å². The summed E-state index contributed by atoms with van der Waals surface area (Å²) in [6.07, 6.45) is 9.80. The summed E-state index contributed by atoms with van der Waals surface area (Å²) in [4.78, 5) is 4.41. The molecule has 0 saturated carbocycles. The number of hydrogen-bond donors (Lipinski definition) is 0. The highest BCUT2D eigenvalue weighted by Gasteiger charge is 2.09. The third-order valence-electron chi connectivity index (χ3n) is 2.60. The van der Waals surface area contributed by atoms with Crippen molar-refractivity contribution in [3.8, 4) is 11.5 Å². The number of allylic oxidation sites excluding steroid dienone is 6. The molecule has 0 amide bonds. The number of hydrogen-bond acceptors (Lipinski definition) is 3. The van der Waals surface area contributed by atoms with Crippen molar-refractivity contribution in [2.45, 2.75) is 13.8 Å². The first-order valence-electron chi connectivity index (χ1n) is 6.20. The minimum Gasteiger partial charge on any atom is -0.334 e. The molecule has 0 fully saturated rings. The predicted molar refractivity (Wildman–Crippen MR) is 77.3 cm³/mol. The second kappa shape index (κ2) is 6.50. The molecule has 0 spiro atoms. The largest absolute Gasteiger partial charge is 0.334 e. The maximum Gasteiger partial charge on any atom is 0.258 e. The summed E-state index contributed by atoms with van der Waals surface area (Å²) in [5.41, 5.74) is 1.86. The van der Waals surface area contributed by atoms with Gasteiger partial charge in [-0.15, -0.1) is 0 Å². The average Bonchev–Trinajstić information content (AvgIpc) is 2.94. The van der Waals surface area contributed by atoms with Gasteiger partial charge in [0.15, 0.2) is 0 Å². The molecule has 0 atom stereocenters. The van der Waals surface area contributed by atoms with Gasteiger partial charge in [-0.1, -0.05) is 53.7 Å². The zero-order valence-corrected chi connectivity index (χ0v) is 11.1. The molecule has 1 heterocycles. The molecule has 2 aromatic rings. The molecule has 0 aliphatic heterocycles. The van der Waals surface area contributed by atoms with Gasteiger partial charge in [0.1, 0.15) is 0 Å². The van der Waals surface area contributed by atoms with Crippen molar-refractivity contribution in [3.63, 3.8) is 0 Å². The van der Waals surface area contributed by atoms with Crippen molar-refractivity contribution in [3.05, 3.63) is 66.5 Å². The van der Waals surface area contributed by atoms with Crippen LogP contribution in [0.3, 0.4) is 0 Å². The van der Waals surface area contributed by atoms with Gasteiger partial charge >= 0.3 is 0 Å². The molecule has 0 saturated heterocycles. The predicted octanol–water partition coefficient (Wildman–Crippen LogP) is 4.27. The topological polar surface area (TPSA) is 38.9 Å². The second-order valence-electron chi connectivity index (χ2n) is 3.92. The Hall–Kier alpha value is -2.42. The Morgan fingerprint density at radius 1 is 1.11 bits per heavy atom. The van der Waals surface area contributed by atoms with Gasteiger partial charge in [-0.2, -0.15) is 4.98 Å². The lowest BCUT2D eigenvalue weighted by molar-refractivity contribution is 0.428. The third-order valence-corrected chi connectivity index (χ3v) is 2.60. The Bertz CT molecular complexity index is 607. The van der Waals surface area contributed by atoms with E-state index in [1.165, 1.54) is 0 Å². The Balaban J connectivity index is 2.25. The van der Waals surface area contributed by atoms with Gasteiger partial charge in [-0.3, -0.25) is 0 Å². The molecule has 0 bridgehead atoms. The Labute approximate surface area is 113 Å². The lowest BCUT2D eigenvalue weighted by atomic mass is 10.2. The third kappa shape index (κ3) is 3.28. The van der Waals surface area contributed by atoms with Crippen molar-refractivity contribution in [2.24, 2.45) is 0 Å². The first-order chi connectivity index (χ1) is 9.35. The summed E-state index contributed by atoms with van der Waals surface area (Å²) in [5.74, 6) is 1.14. The van der Waals surface area contributed by atoms with Gasteiger partial charge in [-0.05, 0) is 26.0 Å². The molecule has 1 aromatic heterocycles. The minimum atomic E-state index is 0.536. The van der Waals surface area contributed by atoms with E-state index in [9.17, 15) is 0 Å². The number of nitrogens with zero attached hydrogens (tertiary/aromatic N) is 2. The van der Waals surface area contributed by atoms with Gasteiger partial charge in [0.05, 0.1) is 0 Å². The normalized spacial score (nSPS) is 12.6. The van der Waals surface area contributed by atoms with E-state index in [2.05, 4.69) is 10.1 Å². The number of rotatable bonds is 4. The quantitative estimate of drug-likeness (QED) is 0.763. The lowest BCUT2D eigenvalue weighted by Gasteiger charge is -1.92. The van der Waals surface area contributed by atoms with Gasteiger partial charge < -0.3 is 4.52 Å². The summed E-state index contributed by atoms with van der Waals surface area (Å²) in [6, 6.07) is 9.74. The maximum atomic E-state index is 5.29. The molecule has 96 valence electrons. The fourth-order valence-electron chi connectivity index (χ4n) is 1.61. The van der Waals surface area contributed by atoms with E-state index in [4.69, 9.17) is 4.52 Å². The van der Waals surface area contributed by atoms with Crippen LogP contribution < -0.4 is 0 Å². The van der Waals surface area contributed by atoms with Gasteiger partial charge in [0.25, 0.3) is 5.89 Å². The zero-order valence-electron chi connectivity index (χ0n) is 11.1. The minimum absolute atomic E-state index is 0.536. The summed E-state index contributed by atoms with van der Waals surface area (Å²) in [7, 11) is 0. The van der Waals surface area contributed by atoms with Crippen LogP contribution in [-0.4, -0.2) is 10.1 Å². The zero-order chi connectivity index (χ0) is 13.5. The van der Waals surface area contributed by atoms with Crippen LogP contribution in [0.2, 0.25) is 0 Å². The smallest absolute Gasteiger partial charge is 0.258 e. The molecular weight excluding hydrogens is 236 g/mol. The van der Waals surface area contributed by atoms with E-state index in [-0.39, 0.29) is 0 Å². The van der Waals surface area contributed by atoms with E-state index in [0.29, 0.717) is 11.7 Å². The van der Waals surface area contributed by atoms with Crippen LogP contribution in [0.1, 0.15) is 19.7 Å². The van der Waals surface area contributed by atoms with Crippen LogP contribution in [-0.2, 0) is 0 Å². The van der Waals surface area contributed by atoms with E-state index >= 15 is 0 Å². The summed E-state index contributed by atoms with van der Waals surface area (Å²) in [5, 5.41) is 4.01. The van der Waals surface area contributed by atoms with Gasteiger partial charge in [-0.25, -0.2) is 0 Å². The van der Waals surface area contributed by atoms with Crippen molar-refractivity contribution < 1.29 is 4.52 Å². The van der Waals surface area contributed by atoms with E-state index < -0.39 is 0 Å². The first kappa shape index (κ1) is 13.0. The molecule has 3 nitrogen and oxygen atoms in total. The second-order valence-corrected chi connectivity index (χ2v) is 3.92. The first-order valence-corrected chi connectivity index (χ1v) is 6.20. The van der Waals surface area contributed by atoms with Crippen molar-refractivity contribution >= 4 is 5.57 Å². The van der Waals surface area contributed by atoms with Gasteiger partial charge in [0, 0.05) is 11.1 Å². The van der Waals surface area contributed by atoms with E-state index in [1.54, 1.807) is 0 Å². The van der Waals surface area contributed by atoms with E-state index in [1.807, 2.05) is 74.6 Å². The molecule has 3 heteroatoms.